The molecule has 92 valence electrons. The number of anilines is 1. The lowest BCUT2D eigenvalue weighted by Crippen LogP contribution is -2.14. The molecule has 2 N–H and O–H groups in total. The first-order valence-electron chi connectivity index (χ1n) is 4.93. The van der Waals surface area contributed by atoms with Crippen LogP contribution in [-0.4, -0.2) is 30.9 Å². The number of carbonyl (C=O) groups is 2. The molecule has 0 aliphatic carbocycles. The third-order valence-corrected chi connectivity index (χ3v) is 1.96. The van der Waals surface area contributed by atoms with Crippen molar-refractivity contribution in [2.45, 2.75) is 6.92 Å². The van der Waals surface area contributed by atoms with Crippen molar-refractivity contribution in [2.24, 2.45) is 0 Å². The highest BCUT2D eigenvalue weighted by Crippen LogP contribution is 2.25. The maximum atomic E-state index is 11.2. The first-order chi connectivity index (χ1) is 8.08. The van der Waals surface area contributed by atoms with E-state index in [1.165, 1.54) is 25.3 Å². The number of methoxy groups -OCH3 is 1. The summed E-state index contributed by atoms with van der Waals surface area (Å²) in [4.78, 5) is 22.0. The van der Waals surface area contributed by atoms with Crippen molar-refractivity contribution in [3.8, 4) is 5.75 Å². The van der Waals surface area contributed by atoms with Gasteiger partial charge < -0.3 is 14.6 Å². The molecular weight excluding hydrogens is 226 g/mol. The van der Waals surface area contributed by atoms with Crippen LogP contribution in [0.4, 0.5) is 10.5 Å². The Balaban J connectivity index is 2.97. The Labute approximate surface area is 98.2 Å². The number of hydrogen-bond acceptors (Lipinski definition) is 4. The van der Waals surface area contributed by atoms with Crippen molar-refractivity contribution in [2.75, 3.05) is 19.0 Å². The van der Waals surface area contributed by atoms with Gasteiger partial charge in [0, 0.05) is 0 Å². The molecule has 0 radical (unpaired) electrons. The van der Waals surface area contributed by atoms with Gasteiger partial charge in [-0.05, 0) is 25.1 Å². The Hall–Kier alpha value is -2.24. The van der Waals surface area contributed by atoms with Crippen molar-refractivity contribution in [1.29, 1.82) is 0 Å². The van der Waals surface area contributed by atoms with E-state index in [4.69, 9.17) is 14.6 Å². The Kier molecular flexibility index (Phi) is 4.33. The van der Waals surface area contributed by atoms with Gasteiger partial charge in [-0.25, -0.2) is 9.59 Å². The summed E-state index contributed by atoms with van der Waals surface area (Å²) in [6.07, 6.45) is -0.659. The van der Waals surface area contributed by atoms with E-state index in [1.54, 1.807) is 6.92 Å². The van der Waals surface area contributed by atoms with Gasteiger partial charge in [0.25, 0.3) is 0 Å². The van der Waals surface area contributed by atoms with E-state index in [0.29, 0.717) is 5.75 Å². The van der Waals surface area contributed by atoms with Crippen molar-refractivity contribution in [3.05, 3.63) is 23.8 Å². The number of nitrogens with one attached hydrogen (secondary N) is 1. The molecule has 0 heterocycles. The molecule has 0 fully saturated rings. The van der Waals surface area contributed by atoms with Crippen LogP contribution in [0.2, 0.25) is 0 Å². The summed E-state index contributed by atoms with van der Waals surface area (Å²) < 4.78 is 9.69. The zero-order valence-corrected chi connectivity index (χ0v) is 9.52. The van der Waals surface area contributed by atoms with Gasteiger partial charge in [0.15, 0.2) is 0 Å². The zero-order chi connectivity index (χ0) is 12.8. The lowest BCUT2D eigenvalue weighted by molar-refractivity contribution is 0.0696. The van der Waals surface area contributed by atoms with Crippen LogP contribution in [0.15, 0.2) is 18.2 Å². The molecule has 1 aromatic carbocycles. The second kappa shape index (κ2) is 5.74. The zero-order valence-electron chi connectivity index (χ0n) is 9.52. The summed E-state index contributed by atoms with van der Waals surface area (Å²) in [7, 11) is 1.42. The van der Waals surface area contributed by atoms with Crippen LogP contribution in [0.5, 0.6) is 5.75 Å². The first kappa shape index (κ1) is 12.8. The van der Waals surface area contributed by atoms with Crippen LogP contribution < -0.4 is 10.1 Å². The number of carboxylic acids is 1. The van der Waals surface area contributed by atoms with E-state index >= 15 is 0 Å². The van der Waals surface area contributed by atoms with Crippen LogP contribution in [-0.2, 0) is 4.74 Å². The summed E-state index contributed by atoms with van der Waals surface area (Å²) in [5.41, 5.74) is 0.309. The number of rotatable bonds is 4. The van der Waals surface area contributed by atoms with Gasteiger partial charge in [0.05, 0.1) is 25.0 Å². The molecule has 0 saturated carbocycles. The van der Waals surface area contributed by atoms with Gasteiger partial charge in [0.2, 0.25) is 0 Å². The Morgan fingerprint density at radius 2 is 2.12 bits per heavy atom. The van der Waals surface area contributed by atoms with Crippen molar-refractivity contribution in [3.63, 3.8) is 0 Å². The van der Waals surface area contributed by atoms with Crippen molar-refractivity contribution < 1.29 is 24.2 Å². The van der Waals surface area contributed by atoms with Gasteiger partial charge in [-0.2, -0.15) is 0 Å². The summed E-state index contributed by atoms with van der Waals surface area (Å²) in [6, 6.07) is 4.15. The third-order valence-electron chi connectivity index (χ3n) is 1.96. The van der Waals surface area contributed by atoms with Crippen LogP contribution >= 0.6 is 0 Å². The number of amides is 1. The Bertz CT molecular complexity index is 430. The Morgan fingerprint density at radius 1 is 1.41 bits per heavy atom. The largest absolute Gasteiger partial charge is 0.495 e. The van der Waals surface area contributed by atoms with E-state index in [-0.39, 0.29) is 17.9 Å². The highest BCUT2D eigenvalue weighted by molar-refractivity contribution is 5.93. The summed E-state index contributed by atoms with van der Waals surface area (Å²) in [5.74, 6) is -0.720. The van der Waals surface area contributed by atoms with E-state index in [2.05, 4.69) is 5.32 Å². The molecule has 0 aromatic heterocycles. The van der Waals surface area contributed by atoms with E-state index < -0.39 is 12.1 Å². The number of carbonyl (C=O) groups excluding carboxylic acids is 1. The number of aromatic carboxylic acids is 1. The highest BCUT2D eigenvalue weighted by atomic mass is 16.5. The summed E-state index contributed by atoms with van der Waals surface area (Å²) >= 11 is 0. The van der Waals surface area contributed by atoms with Gasteiger partial charge in [0.1, 0.15) is 5.75 Å². The molecule has 0 saturated heterocycles. The summed E-state index contributed by atoms with van der Waals surface area (Å²) in [5, 5.41) is 11.2. The van der Waals surface area contributed by atoms with E-state index in [9.17, 15) is 9.59 Å². The molecule has 0 bridgehead atoms. The van der Waals surface area contributed by atoms with Gasteiger partial charge in [-0.15, -0.1) is 0 Å². The predicted octanol–water partition coefficient (Wildman–Crippen LogP) is 1.96. The van der Waals surface area contributed by atoms with Gasteiger partial charge in [-0.1, -0.05) is 0 Å². The number of hydrogen-bond donors (Lipinski definition) is 2. The Morgan fingerprint density at radius 3 is 2.65 bits per heavy atom. The molecule has 0 atom stereocenters. The second-order valence-electron chi connectivity index (χ2n) is 3.07. The highest BCUT2D eigenvalue weighted by Gasteiger charge is 2.11. The fourth-order valence-electron chi connectivity index (χ4n) is 1.22. The van der Waals surface area contributed by atoms with Gasteiger partial charge in [-0.3, -0.25) is 5.32 Å². The number of benzene rings is 1. The standard InChI is InChI=1S/C11H13NO5/c1-3-17-11(15)12-8-6-7(10(13)14)4-5-9(8)16-2/h4-6H,3H2,1-2H3,(H,12,15)(H,13,14). The smallest absolute Gasteiger partial charge is 0.411 e. The molecule has 1 rings (SSSR count). The maximum absolute atomic E-state index is 11.2. The fraction of sp³-hybridized carbons (Fsp3) is 0.273. The monoisotopic (exact) mass is 239 g/mol. The minimum atomic E-state index is -1.08. The molecule has 0 aliphatic rings. The summed E-state index contributed by atoms with van der Waals surface area (Å²) in [6.45, 7) is 1.90. The number of ether oxygens (including phenoxy) is 2. The lowest BCUT2D eigenvalue weighted by Gasteiger charge is -2.10. The molecule has 1 aromatic rings. The third kappa shape index (κ3) is 3.37. The van der Waals surface area contributed by atoms with E-state index in [0.717, 1.165) is 0 Å². The lowest BCUT2D eigenvalue weighted by atomic mass is 10.2. The minimum absolute atomic E-state index is 0.0533. The second-order valence-corrected chi connectivity index (χ2v) is 3.07. The molecule has 6 nitrogen and oxygen atoms in total. The van der Waals surface area contributed by atoms with Crippen LogP contribution in [0.25, 0.3) is 0 Å². The number of carboxylic acid groups (broad SMARTS) is 1. The predicted molar refractivity (Wildman–Crippen MR) is 60.6 cm³/mol. The topological polar surface area (TPSA) is 84.9 Å². The SMILES string of the molecule is CCOC(=O)Nc1cc(C(=O)O)ccc1OC. The average Bonchev–Trinajstić information content (AvgIpc) is 2.29. The van der Waals surface area contributed by atoms with Crippen LogP contribution in [0.3, 0.4) is 0 Å². The first-order valence-corrected chi connectivity index (χ1v) is 4.93. The molecule has 0 aliphatic heterocycles. The molecule has 0 spiro atoms. The molecule has 17 heavy (non-hydrogen) atoms. The fourth-order valence-corrected chi connectivity index (χ4v) is 1.22. The van der Waals surface area contributed by atoms with Crippen LogP contribution in [0.1, 0.15) is 17.3 Å². The maximum Gasteiger partial charge on any atom is 0.411 e. The average molecular weight is 239 g/mol. The minimum Gasteiger partial charge on any atom is -0.495 e. The van der Waals surface area contributed by atoms with E-state index in [1.807, 2.05) is 0 Å². The normalized spacial score (nSPS) is 9.53. The van der Waals surface area contributed by atoms with Crippen molar-refractivity contribution >= 4 is 17.7 Å². The molecule has 1 amide bonds. The molecule has 0 unspecified atom stereocenters. The quantitative estimate of drug-likeness (QED) is 0.838. The van der Waals surface area contributed by atoms with Crippen molar-refractivity contribution in [1.82, 2.24) is 0 Å². The molecular formula is C11H13NO5. The molecule has 6 heteroatoms. The van der Waals surface area contributed by atoms with Gasteiger partial charge >= 0.3 is 12.1 Å². The van der Waals surface area contributed by atoms with Crippen LogP contribution in [0, 0.1) is 0 Å².